The summed E-state index contributed by atoms with van der Waals surface area (Å²) in [5.74, 6) is -0.541. The number of halogens is 1. The number of nitrogens with one attached hydrogen (secondary N) is 1. The molecule has 0 aliphatic rings. The molecule has 0 spiro atoms. The molecular formula is C15H10FN5OS2. The lowest BCUT2D eigenvalue weighted by molar-refractivity contribution is 0.103. The van der Waals surface area contributed by atoms with E-state index >= 15 is 0 Å². The average Bonchev–Trinajstić information content (AvgIpc) is 3.27. The van der Waals surface area contributed by atoms with Gasteiger partial charge in [-0.3, -0.25) is 10.1 Å². The minimum Gasteiger partial charge on any atom is -0.296 e. The third kappa shape index (κ3) is 2.57. The second-order valence-electron chi connectivity index (χ2n) is 5.00. The number of aryl methyl sites for hydroxylation is 1. The molecule has 24 heavy (non-hydrogen) atoms. The minimum atomic E-state index is -0.304. The molecule has 0 unspecified atom stereocenters. The maximum atomic E-state index is 13.1. The van der Waals surface area contributed by atoms with Crippen molar-refractivity contribution in [3.8, 4) is 5.69 Å². The van der Waals surface area contributed by atoms with E-state index in [1.54, 1.807) is 28.4 Å². The second-order valence-corrected chi connectivity index (χ2v) is 6.86. The number of aromatic nitrogens is 4. The first-order valence-electron chi connectivity index (χ1n) is 6.94. The molecule has 0 radical (unpaired) electrons. The Morgan fingerprint density at radius 1 is 1.29 bits per heavy atom. The van der Waals surface area contributed by atoms with Crippen LogP contribution in [-0.4, -0.2) is 25.9 Å². The van der Waals surface area contributed by atoms with Crippen molar-refractivity contribution in [1.29, 1.82) is 0 Å². The van der Waals surface area contributed by atoms with Gasteiger partial charge in [-0.25, -0.2) is 9.07 Å². The summed E-state index contributed by atoms with van der Waals surface area (Å²) in [7, 11) is 0. The summed E-state index contributed by atoms with van der Waals surface area (Å²) in [4.78, 5) is 13.7. The van der Waals surface area contributed by atoms with Crippen LogP contribution in [-0.2, 0) is 0 Å². The predicted molar refractivity (Wildman–Crippen MR) is 91.5 cm³/mol. The monoisotopic (exact) mass is 359 g/mol. The molecule has 4 aromatic rings. The fraction of sp³-hybridized carbons (Fsp3) is 0.0667. The zero-order chi connectivity index (χ0) is 16.7. The van der Waals surface area contributed by atoms with Gasteiger partial charge in [-0.2, -0.15) is 5.10 Å². The molecule has 1 amide bonds. The quantitative estimate of drug-likeness (QED) is 0.606. The Morgan fingerprint density at radius 2 is 2.08 bits per heavy atom. The van der Waals surface area contributed by atoms with E-state index in [0.717, 1.165) is 21.6 Å². The largest absolute Gasteiger partial charge is 0.296 e. The standard InChI is InChI=1S/C15H10FN5OS2/c1-8-11-6-12(13(22)18-15-19-17-7-23-15)24-14(11)21(20-8)10-4-2-9(16)3-5-10/h2-7H,1H3,(H,18,19,22). The van der Waals surface area contributed by atoms with Gasteiger partial charge in [-0.15, -0.1) is 21.5 Å². The number of fused-ring (bicyclic) bond motifs is 1. The summed E-state index contributed by atoms with van der Waals surface area (Å²) in [5.41, 5.74) is 3.10. The highest BCUT2D eigenvalue weighted by molar-refractivity contribution is 7.20. The first kappa shape index (κ1) is 14.9. The van der Waals surface area contributed by atoms with Gasteiger partial charge >= 0.3 is 0 Å². The van der Waals surface area contributed by atoms with Gasteiger partial charge in [-0.05, 0) is 37.3 Å². The van der Waals surface area contributed by atoms with Crippen molar-refractivity contribution in [2.24, 2.45) is 0 Å². The Labute approximate surface area is 143 Å². The highest BCUT2D eigenvalue weighted by atomic mass is 32.1. The lowest BCUT2D eigenvalue weighted by atomic mass is 10.3. The predicted octanol–water partition coefficient (Wildman–Crippen LogP) is 3.64. The van der Waals surface area contributed by atoms with Crippen LogP contribution in [0.15, 0.2) is 35.8 Å². The fourth-order valence-corrected chi connectivity index (χ4v) is 3.82. The van der Waals surface area contributed by atoms with Gasteiger partial charge in [0.1, 0.15) is 16.2 Å². The van der Waals surface area contributed by atoms with Gasteiger partial charge in [0.15, 0.2) is 0 Å². The molecule has 4 rings (SSSR count). The Hall–Kier alpha value is -2.65. The smallest absolute Gasteiger partial charge is 0.267 e. The molecule has 6 nitrogen and oxygen atoms in total. The number of amides is 1. The van der Waals surface area contributed by atoms with Crippen LogP contribution in [0.4, 0.5) is 9.52 Å². The number of benzene rings is 1. The number of hydrogen-bond acceptors (Lipinski definition) is 6. The molecule has 0 aliphatic carbocycles. The van der Waals surface area contributed by atoms with Crippen molar-refractivity contribution in [3.63, 3.8) is 0 Å². The third-order valence-corrected chi connectivity index (χ3v) is 5.14. The van der Waals surface area contributed by atoms with E-state index in [0.29, 0.717) is 10.0 Å². The Morgan fingerprint density at radius 3 is 2.79 bits per heavy atom. The van der Waals surface area contributed by atoms with Gasteiger partial charge in [0.05, 0.1) is 16.3 Å². The van der Waals surface area contributed by atoms with Crippen LogP contribution in [0.3, 0.4) is 0 Å². The molecule has 3 heterocycles. The van der Waals surface area contributed by atoms with Gasteiger partial charge in [-0.1, -0.05) is 11.3 Å². The van der Waals surface area contributed by atoms with Crippen molar-refractivity contribution in [3.05, 3.63) is 52.2 Å². The normalized spacial score (nSPS) is 11.1. The van der Waals surface area contributed by atoms with E-state index in [1.807, 2.05) is 6.92 Å². The maximum absolute atomic E-state index is 13.1. The Kier molecular flexibility index (Phi) is 3.58. The molecule has 9 heteroatoms. The van der Waals surface area contributed by atoms with Crippen molar-refractivity contribution in [2.45, 2.75) is 6.92 Å². The molecule has 0 atom stereocenters. The molecule has 0 saturated heterocycles. The van der Waals surface area contributed by atoms with E-state index in [2.05, 4.69) is 20.6 Å². The number of hydrogen-bond donors (Lipinski definition) is 1. The highest BCUT2D eigenvalue weighted by Crippen LogP contribution is 2.31. The van der Waals surface area contributed by atoms with Crippen molar-refractivity contribution in [2.75, 3.05) is 5.32 Å². The number of carbonyl (C=O) groups is 1. The summed E-state index contributed by atoms with van der Waals surface area (Å²) in [6.07, 6.45) is 0. The lowest BCUT2D eigenvalue weighted by Gasteiger charge is -2.02. The number of thiophene rings is 1. The molecule has 120 valence electrons. The fourth-order valence-electron chi connectivity index (χ4n) is 2.30. The highest BCUT2D eigenvalue weighted by Gasteiger charge is 2.18. The van der Waals surface area contributed by atoms with Crippen LogP contribution in [0.1, 0.15) is 15.4 Å². The molecule has 3 aromatic heterocycles. The zero-order valence-corrected chi connectivity index (χ0v) is 14.0. The van der Waals surface area contributed by atoms with Crippen LogP contribution in [0.5, 0.6) is 0 Å². The van der Waals surface area contributed by atoms with Gasteiger partial charge in [0, 0.05) is 5.39 Å². The number of nitrogens with zero attached hydrogens (tertiary/aromatic N) is 4. The zero-order valence-electron chi connectivity index (χ0n) is 12.4. The molecule has 1 N–H and O–H groups in total. The van der Waals surface area contributed by atoms with E-state index in [4.69, 9.17) is 0 Å². The number of anilines is 1. The molecular weight excluding hydrogens is 349 g/mol. The van der Waals surface area contributed by atoms with Crippen LogP contribution >= 0.6 is 22.7 Å². The first-order chi connectivity index (χ1) is 11.6. The second kappa shape index (κ2) is 5.77. The first-order valence-corrected chi connectivity index (χ1v) is 8.64. The van der Waals surface area contributed by atoms with Crippen LogP contribution < -0.4 is 5.32 Å². The van der Waals surface area contributed by atoms with E-state index in [-0.39, 0.29) is 11.7 Å². The third-order valence-electron chi connectivity index (χ3n) is 3.42. The minimum absolute atomic E-state index is 0.238. The summed E-state index contributed by atoms with van der Waals surface area (Å²) in [6, 6.07) is 7.88. The van der Waals surface area contributed by atoms with Crippen molar-refractivity contribution in [1.82, 2.24) is 20.0 Å². The van der Waals surface area contributed by atoms with Gasteiger partial charge in [0.2, 0.25) is 5.13 Å². The summed E-state index contributed by atoms with van der Waals surface area (Å²) < 4.78 is 14.8. The molecule has 0 aliphatic heterocycles. The summed E-state index contributed by atoms with van der Waals surface area (Å²) in [6.45, 7) is 1.88. The van der Waals surface area contributed by atoms with E-state index in [9.17, 15) is 9.18 Å². The lowest BCUT2D eigenvalue weighted by Crippen LogP contribution is -2.09. The SMILES string of the molecule is Cc1nn(-c2ccc(F)cc2)c2sc(C(=O)Nc3nncs3)cc12. The van der Waals surface area contributed by atoms with E-state index in [1.165, 1.54) is 34.8 Å². The summed E-state index contributed by atoms with van der Waals surface area (Å²) >= 11 is 2.58. The molecule has 1 aromatic carbocycles. The Balaban J connectivity index is 1.74. The summed E-state index contributed by atoms with van der Waals surface area (Å²) in [5, 5.41) is 16.0. The van der Waals surface area contributed by atoms with Crippen molar-refractivity contribution >= 4 is 43.9 Å². The van der Waals surface area contributed by atoms with Gasteiger partial charge in [0.25, 0.3) is 5.91 Å². The van der Waals surface area contributed by atoms with Crippen LogP contribution in [0.2, 0.25) is 0 Å². The molecule has 0 bridgehead atoms. The van der Waals surface area contributed by atoms with E-state index < -0.39 is 0 Å². The van der Waals surface area contributed by atoms with Crippen LogP contribution in [0.25, 0.3) is 15.9 Å². The van der Waals surface area contributed by atoms with Crippen molar-refractivity contribution < 1.29 is 9.18 Å². The van der Waals surface area contributed by atoms with Crippen LogP contribution in [0, 0.1) is 12.7 Å². The molecule has 0 saturated carbocycles. The van der Waals surface area contributed by atoms with Gasteiger partial charge < -0.3 is 0 Å². The Bertz CT molecular complexity index is 1020. The number of rotatable bonds is 3. The molecule has 0 fully saturated rings. The maximum Gasteiger partial charge on any atom is 0.267 e. The average molecular weight is 359 g/mol. The topological polar surface area (TPSA) is 72.7 Å². The number of carbonyl (C=O) groups excluding carboxylic acids is 1.